The van der Waals surface area contributed by atoms with E-state index in [0.29, 0.717) is 5.92 Å². The minimum absolute atomic E-state index is 0.00791. The Morgan fingerprint density at radius 2 is 2.09 bits per heavy atom. The maximum Gasteiger partial charge on any atom is 0.321 e. The van der Waals surface area contributed by atoms with Crippen molar-refractivity contribution < 1.29 is 4.79 Å². The predicted molar refractivity (Wildman–Crippen MR) is 88.0 cm³/mol. The number of likely N-dealkylation sites (tertiary alicyclic amines) is 2. The molecule has 2 aliphatic heterocycles. The van der Waals surface area contributed by atoms with Gasteiger partial charge in [0.2, 0.25) is 0 Å². The van der Waals surface area contributed by atoms with E-state index in [2.05, 4.69) is 15.2 Å². The van der Waals surface area contributed by atoms with Crippen LogP contribution >= 0.6 is 0 Å². The van der Waals surface area contributed by atoms with Gasteiger partial charge in [0.15, 0.2) is 0 Å². The van der Waals surface area contributed by atoms with E-state index < -0.39 is 0 Å². The summed E-state index contributed by atoms with van der Waals surface area (Å²) in [5, 5.41) is 2.96. The van der Waals surface area contributed by atoms with Gasteiger partial charge in [-0.15, -0.1) is 0 Å². The Balaban J connectivity index is 1.48. The number of aromatic nitrogens is 1. The Morgan fingerprint density at radius 1 is 1.27 bits per heavy atom. The number of piperidine rings is 1. The Kier molecular flexibility index (Phi) is 4.93. The Hall–Kier alpha value is -1.62. The van der Waals surface area contributed by atoms with Gasteiger partial charge in [0.25, 0.3) is 0 Å². The van der Waals surface area contributed by atoms with E-state index >= 15 is 0 Å². The highest BCUT2D eigenvalue weighted by atomic mass is 16.2. The maximum absolute atomic E-state index is 12.3. The molecule has 1 aromatic heterocycles. The summed E-state index contributed by atoms with van der Waals surface area (Å²) >= 11 is 0. The molecule has 0 saturated carbocycles. The minimum atomic E-state index is 0.00791. The first kappa shape index (κ1) is 15.3. The van der Waals surface area contributed by atoms with Gasteiger partial charge in [-0.3, -0.25) is 4.98 Å². The summed E-state index contributed by atoms with van der Waals surface area (Å²) in [6, 6.07) is 1.96. The van der Waals surface area contributed by atoms with Crippen molar-refractivity contribution in [2.24, 2.45) is 5.92 Å². The Labute approximate surface area is 132 Å². The summed E-state index contributed by atoms with van der Waals surface area (Å²) in [4.78, 5) is 21.0. The first-order chi connectivity index (χ1) is 10.7. The highest BCUT2D eigenvalue weighted by molar-refractivity contribution is 5.89. The monoisotopic (exact) mass is 302 g/mol. The van der Waals surface area contributed by atoms with Crippen molar-refractivity contribution in [1.82, 2.24) is 14.8 Å². The molecule has 5 heteroatoms. The average molecular weight is 302 g/mol. The SMILES string of the molecule is Cc1cncc(NC(=O)N2CCC(CN3CCCCC3)C2)c1. The molecule has 1 atom stereocenters. The fourth-order valence-electron chi connectivity index (χ4n) is 3.50. The number of aryl methyl sites for hydroxylation is 1. The van der Waals surface area contributed by atoms with Crippen molar-refractivity contribution in [3.63, 3.8) is 0 Å². The van der Waals surface area contributed by atoms with Crippen molar-refractivity contribution in [3.05, 3.63) is 24.0 Å². The topological polar surface area (TPSA) is 48.5 Å². The molecule has 2 aliphatic rings. The van der Waals surface area contributed by atoms with Crippen LogP contribution in [-0.4, -0.2) is 53.5 Å². The van der Waals surface area contributed by atoms with E-state index in [1.54, 1.807) is 12.4 Å². The highest BCUT2D eigenvalue weighted by Gasteiger charge is 2.28. The van der Waals surface area contributed by atoms with E-state index in [4.69, 9.17) is 0 Å². The summed E-state index contributed by atoms with van der Waals surface area (Å²) in [7, 11) is 0. The molecule has 2 amide bonds. The number of hydrogen-bond acceptors (Lipinski definition) is 3. The van der Waals surface area contributed by atoms with E-state index in [1.807, 2.05) is 17.9 Å². The number of rotatable bonds is 3. The first-order valence-corrected chi connectivity index (χ1v) is 8.40. The highest BCUT2D eigenvalue weighted by Crippen LogP contribution is 2.20. The molecule has 1 unspecified atom stereocenters. The lowest BCUT2D eigenvalue weighted by molar-refractivity contribution is 0.192. The molecule has 22 heavy (non-hydrogen) atoms. The molecule has 120 valence electrons. The summed E-state index contributed by atoms with van der Waals surface area (Å²) in [6.07, 6.45) is 8.65. The van der Waals surface area contributed by atoms with Gasteiger partial charge < -0.3 is 15.1 Å². The molecule has 5 nitrogen and oxygen atoms in total. The van der Waals surface area contributed by atoms with E-state index in [-0.39, 0.29) is 6.03 Å². The number of amides is 2. The van der Waals surface area contributed by atoms with Crippen LogP contribution in [0.2, 0.25) is 0 Å². The van der Waals surface area contributed by atoms with Crippen molar-refractivity contribution in [2.75, 3.05) is 38.0 Å². The molecular formula is C17H26N4O. The second-order valence-corrected chi connectivity index (χ2v) is 6.64. The standard InChI is InChI=1S/C17H26N4O/c1-14-9-16(11-18-10-14)19-17(22)21-8-5-15(13-21)12-20-6-3-2-4-7-20/h9-11,15H,2-8,12-13H2,1H3,(H,19,22). The molecule has 0 aliphatic carbocycles. The summed E-state index contributed by atoms with van der Waals surface area (Å²) < 4.78 is 0. The molecule has 2 fully saturated rings. The van der Waals surface area contributed by atoms with E-state index in [9.17, 15) is 4.79 Å². The Bertz CT molecular complexity index is 513. The quantitative estimate of drug-likeness (QED) is 0.934. The molecule has 2 saturated heterocycles. The second-order valence-electron chi connectivity index (χ2n) is 6.64. The van der Waals surface area contributed by atoms with Crippen LogP contribution in [0.25, 0.3) is 0 Å². The fourth-order valence-corrected chi connectivity index (χ4v) is 3.50. The number of carbonyl (C=O) groups is 1. The first-order valence-electron chi connectivity index (χ1n) is 8.40. The zero-order valence-corrected chi connectivity index (χ0v) is 13.4. The van der Waals surface area contributed by atoms with Crippen LogP contribution in [0.1, 0.15) is 31.2 Å². The molecule has 0 spiro atoms. The van der Waals surface area contributed by atoms with Gasteiger partial charge in [0.1, 0.15) is 0 Å². The lowest BCUT2D eigenvalue weighted by Crippen LogP contribution is -2.37. The van der Waals surface area contributed by atoms with Gasteiger partial charge in [-0.1, -0.05) is 6.42 Å². The Morgan fingerprint density at radius 3 is 2.86 bits per heavy atom. The summed E-state index contributed by atoms with van der Waals surface area (Å²) in [5.41, 5.74) is 1.84. The number of hydrogen-bond donors (Lipinski definition) is 1. The molecule has 3 rings (SSSR count). The molecule has 1 aromatic rings. The van der Waals surface area contributed by atoms with Gasteiger partial charge >= 0.3 is 6.03 Å². The van der Waals surface area contributed by atoms with Crippen molar-refractivity contribution in [3.8, 4) is 0 Å². The predicted octanol–water partition coefficient (Wildman–Crippen LogP) is 2.73. The second kappa shape index (κ2) is 7.09. The average Bonchev–Trinajstić information content (AvgIpc) is 2.97. The van der Waals surface area contributed by atoms with Crippen LogP contribution in [-0.2, 0) is 0 Å². The van der Waals surface area contributed by atoms with Gasteiger partial charge in [-0.05, 0) is 56.8 Å². The van der Waals surface area contributed by atoms with Crippen LogP contribution in [0.5, 0.6) is 0 Å². The number of pyridine rings is 1. The number of urea groups is 1. The van der Waals surface area contributed by atoms with E-state index in [1.165, 1.54) is 32.4 Å². The molecule has 1 N–H and O–H groups in total. The van der Waals surface area contributed by atoms with Gasteiger partial charge in [0.05, 0.1) is 11.9 Å². The van der Waals surface area contributed by atoms with Crippen molar-refractivity contribution >= 4 is 11.7 Å². The minimum Gasteiger partial charge on any atom is -0.324 e. The van der Waals surface area contributed by atoms with Gasteiger partial charge in [0, 0.05) is 25.8 Å². The number of nitrogens with zero attached hydrogens (tertiary/aromatic N) is 3. The molecule has 0 bridgehead atoms. The van der Waals surface area contributed by atoms with Crippen LogP contribution in [0.4, 0.5) is 10.5 Å². The lowest BCUT2D eigenvalue weighted by atomic mass is 10.1. The number of carbonyl (C=O) groups excluding carboxylic acids is 1. The summed E-state index contributed by atoms with van der Waals surface area (Å²) in [5.74, 6) is 0.625. The molecule has 0 aromatic carbocycles. The zero-order valence-electron chi connectivity index (χ0n) is 13.4. The van der Waals surface area contributed by atoms with Crippen molar-refractivity contribution in [1.29, 1.82) is 0 Å². The smallest absolute Gasteiger partial charge is 0.321 e. The zero-order chi connectivity index (χ0) is 15.4. The largest absolute Gasteiger partial charge is 0.324 e. The third-order valence-corrected chi connectivity index (χ3v) is 4.66. The van der Waals surface area contributed by atoms with E-state index in [0.717, 1.165) is 37.3 Å². The third kappa shape index (κ3) is 3.97. The van der Waals surface area contributed by atoms with Crippen LogP contribution in [0.3, 0.4) is 0 Å². The van der Waals surface area contributed by atoms with Crippen molar-refractivity contribution in [2.45, 2.75) is 32.6 Å². The van der Waals surface area contributed by atoms with Gasteiger partial charge in [-0.25, -0.2) is 4.79 Å². The number of nitrogens with one attached hydrogen (secondary N) is 1. The molecular weight excluding hydrogens is 276 g/mol. The lowest BCUT2D eigenvalue weighted by Gasteiger charge is -2.29. The van der Waals surface area contributed by atoms with Gasteiger partial charge in [-0.2, -0.15) is 0 Å². The molecule has 3 heterocycles. The van der Waals surface area contributed by atoms with Crippen LogP contribution < -0.4 is 5.32 Å². The number of anilines is 1. The summed E-state index contributed by atoms with van der Waals surface area (Å²) in [6.45, 7) is 7.34. The van der Waals surface area contributed by atoms with Crippen LogP contribution in [0.15, 0.2) is 18.5 Å². The molecule has 0 radical (unpaired) electrons. The fraction of sp³-hybridized carbons (Fsp3) is 0.647. The van der Waals surface area contributed by atoms with Crippen LogP contribution in [0, 0.1) is 12.8 Å². The maximum atomic E-state index is 12.3. The normalized spacial score (nSPS) is 22.8. The third-order valence-electron chi connectivity index (χ3n) is 4.66.